The Morgan fingerprint density at radius 3 is 2.70 bits per heavy atom. The van der Waals surface area contributed by atoms with Crippen LogP contribution in [0.5, 0.6) is 0 Å². The Labute approximate surface area is 118 Å². The summed E-state index contributed by atoms with van der Waals surface area (Å²) in [6, 6.07) is 10.2. The second-order valence-corrected chi connectivity index (χ2v) is 4.71. The Morgan fingerprint density at radius 1 is 1.30 bits per heavy atom. The number of carbonyl (C=O) groups excluding carboxylic acids is 1. The average molecular weight is 280 g/mol. The quantitative estimate of drug-likeness (QED) is 0.416. The lowest BCUT2D eigenvalue weighted by molar-refractivity contribution is -0.0355. The topological polar surface area (TPSA) is 57.3 Å². The van der Waals surface area contributed by atoms with Crippen molar-refractivity contribution >= 4 is 6.16 Å². The standard InChI is InChI=1S/C15H20O5/c1-17-14(16)20-15(12-19-15)9-5-10-18-11-8-13-6-3-2-4-7-13/h2-4,6-7H,5,8-12H2,1H3. The molecule has 1 fully saturated rings. The molecule has 0 saturated carbocycles. The Kier molecular flexibility index (Phi) is 5.38. The molecule has 1 aliphatic heterocycles. The molecule has 0 bridgehead atoms. The number of carbonyl (C=O) groups is 1. The highest BCUT2D eigenvalue weighted by Crippen LogP contribution is 2.33. The molecule has 1 saturated heterocycles. The monoisotopic (exact) mass is 280 g/mol. The van der Waals surface area contributed by atoms with Crippen molar-refractivity contribution in [1.82, 2.24) is 0 Å². The lowest BCUT2D eigenvalue weighted by Gasteiger charge is -2.12. The van der Waals surface area contributed by atoms with Gasteiger partial charge in [-0.25, -0.2) is 4.79 Å². The molecular weight excluding hydrogens is 260 g/mol. The zero-order chi connectivity index (χ0) is 14.3. The van der Waals surface area contributed by atoms with E-state index >= 15 is 0 Å². The van der Waals surface area contributed by atoms with Gasteiger partial charge < -0.3 is 18.9 Å². The van der Waals surface area contributed by atoms with Crippen molar-refractivity contribution in [2.24, 2.45) is 0 Å². The van der Waals surface area contributed by atoms with Crippen molar-refractivity contribution in [2.45, 2.75) is 25.0 Å². The number of hydrogen-bond donors (Lipinski definition) is 0. The minimum Gasteiger partial charge on any atom is -0.438 e. The number of rotatable bonds is 8. The molecule has 0 amide bonds. The van der Waals surface area contributed by atoms with Gasteiger partial charge in [-0.15, -0.1) is 0 Å². The van der Waals surface area contributed by atoms with Crippen LogP contribution in [0.3, 0.4) is 0 Å². The van der Waals surface area contributed by atoms with E-state index in [4.69, 9.17) is 14.2 Å². The summed E-state index contributed by atoms with van der Waals surface area (Å²) < 4.78 is 20.2. The molecule has 0 radical (unpaired) electrons. The van der Waals surface area contributed by atoms with Crippen LogP contribution in [-0.2, 0) is 25.4 Å². The van der Waals surface area contributed by atoms with Crippen LogP contribution in [0.2, 0.25) is 0 Å². The molecule has 20 heavy (non-hydrogen) atoms. The number of benzene rings is 1. The van der Waals surface area contributed by atoms with Crippen LogP contribution in [0.25, 0.3) is 0 Å². The molecule has 1 heterocycles. The zero-order valence-electron chi connectivity index (χ0n) is 11.7. The fourth-order valence-electron chi connectivity index (χ4n) is 1.91. The third kappa shape index (κ3) is 4.83. The molecule has 110 valence electrons. The third-order valence-electron chi connectivity index (χ3n) is 3.13. The zero-order valence-corrected chi connectivity index (χ0v) is 11.7. The lowest BCUT2D eigenvalue weighted by atomic mass is 10.2. The molecule has 2 rings (SSSR count). The van der Waals surface area contributed by atoms with E-state index in [0.29, 0.717) is 26.2 Å². The van der Waals surface area contributed by atoms with E-state index in [2.05, 4.69) is 16.9 Å². The van der Waals surface area contributed by atoms with Crippen molar-refractivity contribution in [1.29, 1.82) is 0 Å². The predicted molar refractivity (Wildman–Crippen MR) is 72.4 cm³/mol. The Balaban J connectivity index is 1.53. The summed E-state index contributed by atoms with van der Waals surface area (Å²) in [6.07, 6.45) is 1.62. The van der Waals surface area contributed by atoms with E-state index in [9.17, 15) is 4.79 Å². The van der Waals surface area contributed by atoms with Crippen molar-refractivity contribution in [3.05, 3.63) is 35.9 Å². The van der Waals surface area contributed by atoms with Gasteiger partial charge in [-0.1, -0.05) is 30.3 Å². The molecule has 0 spiro atoms. The van der Waals surface area contributed by atoms with Crippen LogP contribution in [-0.4, -0.2) is 38.9 Å². The van der Waals surface area contributed by atoms with E-state index in [1.165, 1.54) is 12.7 Å². The van der Waals surface area contributed by atoms with Gasteiger partial charge in [0, 0.05) is 13.0 Å². The molecule has 0 aliphatic carbocycles. The van der Waals surface area contributed by atoms with E-state index in [1.54, 1.807) is 0 Å². The van der Waals surface area contributed by atoms with Gasteiger partial charge >= 0.3 is 6.16 Å². The van der Waals surface area contributed by atoms with Gasteiger partial charge in [0.05, 0.1) is 13.7 Å². The molecule has 1 aromatic carbocycles. The molecule has 1 atom stereocenters. The van der Waals surface area contributed by atoms with Crippen molar-refractivity contribution in [2.75, 3.05) is 26.9 Å². The van der Waals surface area contributed by atoms with Gasteiger partial charge in [0.1, 0.15) is 6.61 Å². The fraction of sp³-hybridized carbons (Fsp3) is 0.533. The van der Waals surface area contributed by atoms with Gasteiger partial charge in [0.25, 0.3) is 0 Å². The first-order chi connectivity index (χ1) is 9.74. The van der Waals surface area contributed by atoms with Gasteiger partial charge in [-0.05, 0) is 18.4 Å². The average Bonchev–Trinajstić information content (AvgIpc) is 3.23. The van der Waals surface area contributed by atoms with E-state index in [1.807, 2.05) is 18.2 Å². The summed E-state index contributed by atoms with van der Waals surface area (Å²) in [5.41, 5.74) is 1.27. The van der Waals surface area contributed by atoms with Crippen LogP contribution >= 0.6 is 0 Å². The number of methoxy groups -OCH3 is 1. The molecule has 5 nitrogen and oxygen atoms in total. The van der Waals surface area contributed by atoms with E-state index in [0.717, 1.165) is 12.8 Å². The molecule has 1 aromatic rings. The molecule has 0 N–H and O–H groups in total. The number of hydrogen-bond acceptors (Lipinski definition) is 5. The SMILES string of the molecule is COC(=O)OC1(CCCOCCc2ccccc2)CO1. The number of ether oxygens (including phenoxy) is 4. The minimum atomic E-state index is -0.768. The van der Waals surface area contributed by atoms with Crippen molar-refractivity contribution < 1.29 is 23.7 Å². The Hall–Kier alpha value is -1.59. The highest BCUT2D eigenvalue weighted by atomic mass is 16.8. The normalized spacial score (nSPS) is 20.4. The number of epoxide rings is 1. The van der Waals surface area contributed by atoms with Crippen molar-refractivity contribution in [3.8, 4) is 0 Å². The molecule has 1 unspecified atom stereocenters. The smallest absolute Gasteiger partial charge is 0.438 e. The molecule has 5 heteroatoms. The summed E-state index contributed by atoms with van der Waals surface area (Å²) in [6.45, 7) is 1.75. The first-order valence-electron chi connectivity index (χ1n) is 6.77. The predicted octanol–water partition coefficient (Wildman–Crippen LogP) is 2.54. The molecule has 1 aliphatic rings. The van der Waals surface area contributed by atoms with Crippen LogP contribution in [0, 0.1) is 0 Å². The molecule has 0 aromatic heterocycles. The summed E-state index contributed by atoms with van der Waals surface area (Å²) in [5.74, 6) is -0.768. The highest BCUT2D eigenvalue weighted by Gasteiger charge is 2.49. The highest BCUT2D eigenvalue weighted by molar-refractivity contribution is 5.60. The van der Waals surface area contributed by atoms with Crippen LogP contribution in [0.15, 0.2) is 30.3 Å². The van der Waals surface area contributed by atoms with Gasteiger partial charge in [-0.3, -0.25) is 0 Å². The Morgan fingerprint density at radius 2 is 2.05 bits per heavy atom. The first-order valence-corrected chi connectivity index (χ1v) is 6.77. The van der Waals surface area contributed by atoms with Gasteiger partial charge in [0.15, 0.2) is 0 Å². The van der Waals surface area contributed by atoms with Gasteiger partial charge in [0.2, 0.25) is 5.79 Å². The van der Waals surface area contributed by atoms with E-state index < -0.39 is 11.9 Å². The maximum absolute atomic E-state index is 11.0. The summed E-state index contributed by atoms with van der Waals surface area (Å²) in [7, 11) is 1.28. The van der Waals surface area contributed by atoms with Crippen LogP contribution in [0.4, 0.5) is 4.79 Å². The summed E-state index contributed by atoms with van der Waals surface area (Å²) >= 11 is 0. The Bertz CT molecular complexity index is 414. The molecular formula is C15H20O5. The minimum absolute atomic E-state index is 0.437. The maximum atomic E-state index is 11.0. The van der Waals surface area contributed by atoms with Crippen LogP contribution < -0.4 is 0 Å². The van der Waals surface area contributed by atoms with Crippen LogP contribution in [0.1, 0.15) is 18.4 Å². The fourth-order valence-corrected chi connectivity index (χ4v) is 1.91. The second-order valence-electron chi connectivity index (χ2n) is 4.71. The summed E-state index contributed by atoms with van der Waals surface area (Å²) in [5, 5.41) is 0. The largest absolute Gasteiger partial charge is 0.510 e. The third-order valence-corrected chi connectivity index (χ3v) is 3.13. The maximum Gasteiger partial charge on any atom is 0.510 e. The summed E-state index contributed by atoms with van der Waals surface area (Å²) in [4.78, 5) is 11.0. The van der Waals surface area contributed by atoms with E-state index in [-0.39, 0.29) is 0 Å². The van der Waals surface area contributed by atoms with Gasteiger partial charge in [-0.2, -0.15) is 0 Å². The first kappa shape index (κ1) is 14.8. The second kappa shape index (κ2) is 7.26. The lowest BCUT2D eigenvalue weighted by Crippen LogP contribution is -2.21. The van der Waals surface area contributed by atoms with Crippen molar-refractivity contribution in [3.63, 3.8) is 0 Å².